The fourth-order valence-corrected chi connectivity index (χ4v) is 6.42. The first-order valence-corrected chi connectivity index (χ1v) is 12.2. The van der Waals surface area contributed by atoms with Gasteiger partial charge in [-0.05, 0) is 49.6 Å². The average Bonchev–Trinajstić information content (AvgIpc) is 3.45. The minimum atomic E-state index is -3.56. The zero-order chi connectivity index (χ0) is 21.8. The topological polar surface area (TPSA) is 81.8 Å². The van der Waals surface area contributed by atoms with Gasteiger partial charge in [0.05, 0.1) is 29.5 Å². The van der Waals surface area contributed by atoms with Crippen molar-refractivity contribution in [1.82, 2.24) is 8.87 Å². The third kappa shape index (κ3) is 3.21. The number of aromatic nitrogens is 1. The first-order valence-electron chi connectivity index (χ1n) is 10.7. The Bertz CT molecular complexity index is 1160. The Kier molecular flexibility index (Phi) is 4.96. The molecule has 1 atom stereocenters. The number of rotatable bonds is 4. The van der Waals surface area contributed by atoms with Crippen LogP contribution in [-0.2, 0) is 28.4 Å². The van der Waals surface area contributed by atoms with Gasteiger partial charge in [-0.25, -0.2) is 8.42 Å². The van der Waals surface area contributed by atoms with Crippen LogP contribution in [0, 0.1) is 18.3 Å². The molecule has 1 aromatic carbocycles. The van der Waals surface area contributed by atoms with Crippen LogP contribution in [0.3, 0.4) is 0 Å². The van der Waals surface area contributed by atoms with E-state index in [0.717, 1.165) is 42.0 Å². The predicted octanol–water partition coefficient (Wildman–Crippen LogP) is 2.17. The molecule has 9 heteroatoms. The third-order valence-corrected chi connectivity index (χ3v) is 8.74. The molecule has 0 aliphatic carbocycles. The molecule has 2 fully saturated rings. The highest BCUT2D eigenvalue weighted by atomic mass is 32.2. The van der Waals surface area contributed by atoms with E-state index < -0.39 is 10.0 Å². The number of anilines is 2. The molecule has 8 nitrogen and oxygen atoms in total. The standard InChI is InChI=1S/C22H27N5O3S/c1-16-17(12-18(14-23)24(16)2)15-27-21-13-19(31(28,29)25-8-10-30-11-9-25)5-6-20(21)26-7-3-4-22(26)27/h5-6,12-13,22H,3-4,7-11,15H2,1-2H3. The van der Waals surface area contributed by atoms with E-state index in [1.54, 1.807) is 6.07 Å². The highest BCUT2D eigenvalue weighted by molar-refractivity contribution is 7.89. The van der Waals surface area contributed by atoms with Crippen LogP contribution in [0.4, 0.5) is 11.4 Å². The normalized spacial score (nSPS) is 21.3. The summed E-state index contributed by atoms with van der Waals surface area (Å²) in [5.41, 5.74) is 4.85. The van der Waals surface area contributed by atoms with E-state index in [0.29, 0.717) is 43.4 Å². The third-order valence-electron chi connectivity index (χ3n) is 6.85. The summed E-state index contributed by atoms with van der Waals surface area (Å²) in [4.78, 5) is 5.02. The summed E-state index contributed by atoms with van der Waals surface area (Å²) < 4.78 is 35.2. The van der Waals surface area contributed by atoms with Gasteiger partial charge in [0.25, 0.3) is 0 Å². The van der Waals surface area contributed by atoms with Gasteiger partial charge in [-0.2, -0.15) is 9.57 Å². The van der Waals surface area contributed by atoms with Gasteiger partial charge in [-0.1, -0.05) is 0 Å². The molecule has 1 aromatic heterocycles. The molecule has 0 N–H and O–H groups in total. The average molecular weight is 442 g/mol. The highest BCUT2D eigenvalue weighted by Crippen LogP contribution is 2.46. The van der Waals surface area contributed by atoms with Crippen LogP contribution < -0.4 is 9.80 Å². The van der Waals surface area contributed by atoms with Crippen LogP contribution >= 0.6 is 0 Å². The van der Waals surface area contributed by atoms with Gasteiger partial charge in [0.15, 0.2) is 0 Å². The molecule has 0 radical (unpaired) electrons. The van der Waals surface area contributed by atoms with Crippen molar-refractivity contribution < 1.29 is 13.2 Å². The summed E-state index contributed by atoms with van der Waals surface area (Å²) in [7, 11) is -1.65. The Morgan fingerprint density at radius 1 is 1.16 bits per heavy atom. The van der Waals surface area contributed by atoms with Crippen molar-refractivity contribution in [1.29, 1.82) is 5.26 Å². The lowest BCUT2D eigenvalue weighted by atomic mass is 10.2. The first kappa shape index (κ1) is 20.4. The van der Waals surface area contributed by atoms with Crippen molar-refractivity contribution >= 4 is 21.4 Å². The lowest BCUT2D eigenvalue weighted by Crippen LogP contribution is -2.40. The molecule has 3 aliphatic heterocycles. The monoisotopic (exact) mass is 441 g/mol. The van der Waals surface area contributed by atoms with Crippen LogP contribution in [0.1, 0.15) is 29.8 Å². The maximum atomic E-state index is 13.2. The summed E-state index contributed by atoms with van der Waals surface area (Å²) in [6, 6.07) is 9.73. The van der Waals surface area contributed by atoms with Crippen molar-refractivity contribution in [3.05, 3.63) is 41.2 Å². The quantitative estimate of drug-likeness (QED) is 0.723. The van der Waals surface area contributed by atoms with Gasteiger partial charge in [0.1, 0.15) is 17.9 Å². The van der Waals surface area contributed by atoms with E-state index in [1.807, 2.05) is 36.7 Å². The smallest absolute Gasteiger partial charge is 0.243 e. The maximum absolute atomic E-state index is 13.2. The molecule has 5 rings (SSSR count). The van der Waals surface area contributed by atoms with E-state index in [2.05, 4.69) is 15.9 Å². The van der Waals surface area contributed by atoms with Crippen LogP contribution in [0.2, 0.25) is 0 Å². The summed E-state index contributed by atoms with van der Waals surface area (Å²) >= 11 is 0. The second-order valence-electron chi connectivity index (χ2n) is 8.42. The number of benzene rings is 1. The number of nitriles is 1. The van der Waals surface area contributed by atoms with E-state index >= 15 is 0 Å². The summed E-state index contributed by atoms with van der Waals surface area (Å²) in [6.07, 6.45) is 2.38. The lowest BCUT2D eigenvalue weighted by Gasteiger charge is -2.28. The molecule has 0 bridgehead atoms. The minimum Gasteiger partial charge on any atom is -0.379 e. The zero-order valence-corrected chi connectivity index (χ0v) is 18.7. The molecule has 4 heterocycles. The number of sulfonamides is 1. The molecule has 164 valence electrons. The van der Waals surface area contributed by atoms with Crippen molar-refractivity contribution in [2.24, 2.45) is 7.05 Å². The Morgan fingerprint density at radius 3 is 2.65 bits per heavy atom. The number of hydrogen-bond acceptors (Lipinski definition) is 6. The second-order valence-corrected chi connectivity index (χ2v) is 10.4. The van der Waals surface area contributed by atoms with Crippen molar-refractivity contribution in [2.75, 3.05) is 42.6 Å². The van der Waals surface area contributed by atoms with Gasteiger partial charge in [-0.15, -0.1) is 0 Å². The molecule has 1 unspecified atom stereocenters. The highest BCUT2D eigenvalue weighted by Gasteiger charge is 2.40. The minimum absolute atomic E-state index is 0.224. The van der Waals surface area contributed by atoms with Gasteiger partial charge in [0, 0.05) is 38.9 Å². The fourth-order valence-electron chi connectivity index (χ4n) is 4.99. The Balaban J connectivity index is 1.53. The fraction of sp³-hybridized carbons (Fsp3) is 0.500. The van der Waals surface area contributed by atoms with Crippen molar-refractivity contribution in [3.8, 4) is 6.07 Å². The van der Waals surface area contributed by atoms with Crippen LogP contribution in [0.25, 0.3) is 0 Å². The van der Waals surface area contributed by atoms with Crippen LogP contribution in [0.5, 0.6) is 0 Å². The molecular formula is C22H27N5O3S. The van der Waals surface area contributed by atoms with Crippen LogP contribution in [-0.4, -0.2) is 56.3 Å². The number of ether oxygens (including phenoxy) is 1. The van der Waals surface area contributed by atoms with E-state index in [4.69, 9.17) is 4.74 Å². The molecule has 0 saturated carbocycles. The number of fused-ring (bicyclic) bond motifs is 3. The molecule has 0 amide bonds. The molecule has 3 aliphatic rings. The molecule has 31 heavy (non-hydrogen) atoms. The lowest BCUT2D eigenvalue weighted by molar-refractivity contribution is 0.0730. The maximum Gasteiger partial charge on any atom is 0.243 e. The summed E-state index contributed by atoms with van der Waals surface area (Å²) in [6.45, 7) is 5.29. The number of nitrogens with zero attached hydrogens (tertiary/aromatic N) is 5. The van der Waals surface area contributed by atoms with Gasteiger partial charge < -0.3 is 19.1 Å². The number of morpholine rings is 1. The number of hydrogen-bond donors (Lipinski definition) is 0. The van der Waals surface area contributed by atoms with Crippen molar-refractivity contribution in [3.63, 3.8) is 0 Å². The largest absolute Gasteiger partial charge is 0.379 e. The summed E-state index contributed by atoms with van der Waals surface area (Å²) in [5.74, 6) is 0. The van der Waals surface area contributed by atoms with E-state index in [-0.39, 0.29) is 6.17 Å². The zero-order valence-electron chi connectivity index (χ0n) is 17.9. The second kappa shape index (κ2) is 7.55. The molecule has 2 saturated heterocycles. The van der Waals surface area contributed by atoms with E-state index in [1.165, 1.54) is 4.31 Å². The Morgan fingerprint density at radius 2 is 1.94 bits per heavy atom. The molecule has 0 spiro atoms. The SMILES string of the molecule is Cc1c(CN2c3cc(S(=O)(=O)N4CCOCC4)ccc3N3CCCC32)cc(C#N)n1C. The molecular weight excluding hydrogens is 414 g/mol. The molecule has 2 aromatic rings. The summed E-state index contributed by atoms with van der Waals surface area (Å²) in [5, 5.41) is 9.40. The van der Waals surface area contributed by atoms with Gasteiger partial charge >= 0.3 is 0 Å². The van der Waals surface area contributed by atoms with Crippen LogP contribution in [0.15, 0.2) is 29.2 Å². The van der Waals surface area contributed by atoms with Gasteiger partial charge in [0.2, 0.25) is 10.0 Å². The van der Waals surface area contributed by atoms with Gasteiger partial charge in [-0.3, -0.25) is 0 Å². The Labute approximate surface area is 183 Å². The Hall–Kier alpha value is -2.54. The van der Waals surface area contributed by atoms with Crippen molar-refractivity contribution in [2.45, 2.75) is 37.4 Å². The van der Waals surface area contributed by atoms with E-state index in [9.17, 15) is 13.7 Å². The first-order chi connectivity index (χ1) is 14.9. The predicted molar refractivity (Wildman–Crippen MR) is 117 cm³/mol.